The van der Waals surface area contributed by atoms with Gasteiger partial charge in [0.2, 0.25) is 5.91 Å². The molecule has 4 nitrogen and oxygen atoms in total. The van der Waals surface area contributed by atoms with Crippen LogP contribution in [0.15, 0.2) is 78.9 Å². The maximum absolute atomic E-state index is 13.3. The van der Waals surface area contributed by atoms with Crippen molar-refractivity contribution < 1.29 is 9.59 Å². The molecule has 1 saturated carbocycles. The van der Waals surface area contributed by atoms with E-state index in [0.29, 0.717) is 24.4 Å². The second-order valence-electron chi connectivity index (χ2n) is 8.34. The highest BCUT2D eigenvalue weighted by Crippen LogP contribution is 2.27. The van der Waals surface area contributed by atoms with Gasteiger partial charge < -0.3 is 10.2 Å². The molecule has 0 heterocycles. The van der Waals surface area contributed by atoms with Crippen molar-refractivity contribution in [2.45, 2.75) is 32.7 Å². The zero-order valence-electron chi connectivity index (χ0n) is 17.9. The summed E-state index contributed by atoms with van der Waals surface area (Å²) >= 11 is 0. The fourth-order valence-corrected chi connectivity index (χ4v) is 3.63. The quantitative estimate of drug-likeness (QED) is 0.571. The Bertz CT molecular complexity index is 1040. The molecule has 0 aromatic heterocycles. The van der Waals surface area contributed by atoms with Crippen LogP contribution in [0, 0.1) is 12.8 Å². The summed E-state index contributed by atoms with van der Waals surface area (Å²) in [5, 5.41) is 3.00. The molecular weight excluding hydrogens is 384 g/mol. The zero-order valence-corrected chi connectivity index (χ0v) is 17.9. The van der Waals surface area contributed by atoms with Gasteiger partial charge in [-0.3, -0.25) is 9.59 Å². The first-order valence-corrected chi connectivity index (χ1v) is 10.9. The number of anilines is 1. The van der Waals surface area contributed by atoms with Crippen LogP contribution in [0.5, 0.6) is 0 Å². The normalized spacial score (nSPS) is 12.9. The summed E-state index contributed by atoms with van der Waals surface area (Å²) in [6, 6.07) is 25.3. The van der Waals surface area contributed by atoms with E-state index < -0.39 is 0 Å². The molecule has 0 radical (unpaired) electrons. The van der Waals surface area contributed by atoms with Gasteiger partial charge in [0.05, 0.1) is 13.0 Å². The third kappa shape index (κ3) is 5.82. The fraction of sp³-hybridized carbons (Fsp3) is 0.259. The summed E-state index contributed by atoms with van der Waals surface area (Å²) in [5.41, 5.74) is 4.65. The lowest BCUT2D eigenvalue weighted by Crippen LogP contribution is -2.30. The van der Waals surface area contributed by atoms with Crippen molar-refractivity contribution >= 4 is 17.5 Å². The van der Waals surface area contributed by atoms with Gasteiger partial charge in [-0.2, -0.15) is 0 Å². The van der Waals surface area contributed by atoms with Crippen molar-refractivity contribution in [2.75, 3.05) is 11.4 Å². The third-order valence-electron chi connectivity index (χ3n) is 5.59. The Balaban J connectivity index is 1.52. The summed E-state index contributed by atoms with van der Waals surface area (Å²) < 4.78 is 0. The molecule has 1 aliphatic carbocycles. The Morgan fingerprint density at radius 1 is 0.903 bits per heavy atom. The van der Waals surface area contributed by atoms with Gasteiger partial charge in [0.15, 0.2) is 0 Å². The van der Waals surface area contributed by atoms with Gasteiger partial charge in [-0.1, -0.05) is 60.2 Å². The lowest BCUT2D eigenvalue weighted by molar-refractivity contribution is -0.120. The number of nitrogens with zero attached hydrogens (tertiary/aromatic N) is 1. The monoisotopic (exact) mass is 412 g/mol. The predicted octanol–water partition coefficient (Wildman–Crippen LogP) is 4.91. The van der Waals surface area contributed by atoms with E-state index >= 15 is 0 Å². The molecule has 1 aliphatic rings. The molecule has 158 valence electrons. The summed E-state index contributed by atoms with van der Waals surface area (Å²) in [7, 11) is 0. The summed E-state index contributed by atoms with van der Waals surface area (Å²) in [4.78, 5) is 27.3. The van der Waals surface area contributed by atoms with Crippen LogP contribution in [0.4, 0.5) is 5.69 Å². The number of carbonyl (C=O) groups excluding carboxylic acids is 2. The van der Waals surface area contributed by atoms with Crippen LogP contribution in [0.3, 0.4) is 0 Å². The van der Waals surface area contributed by atoms with Crippen molar-refractivity contribution in [1.29, 1.82) is 0 Å². The number of hydrogen-bond donors (Lipinski definition) is 1. The van der Waals surface area contributed by atoms with E-state index in [4.69, 9.17) is 0 Å². The average Bonchev–Trinajstić information content (AvgIpc) is 3.62. The first-order valence-electron chi connectivity index (χ1n) is 10.9. The first kappa shape index (κ1) is 20.9. The van der Waals surface area contributed by atoms with Crippen molar-refractivity contribution in [1.82, 2.24) is 5.32 Å². The minimum atomic E-state index is -0.0444. The molecule has 0 atom stereocenters. The molecule has 31 heavy (non-hydrogen) atoms. The van der Waals surface area contributed by atoms with E-state index in [-0.39, 0.29) is 11.8 Å². The van der Waals surface area contributed by atoms with Crippen molar-refractivity contribution in [2.24, 2.45) is 5.92 Å². The molecule has 0 spiro atoms. The molecule has 2 amide bonds. The largest absolute Gasteiger partial charge is 0.356 e. The maximum Gasteiger partial charge on any atom is 0.258 e. The molecular formula is C27H28N2O2. The molecule has 0 unspecified atom stereocenters. The number of hydrogen-bond acceptors (Lipinski definition) is 2. The molecule has 1 fully saturated rings. The highest BCUT2D eigenvalue weighted by Gasteiger charge is 2.22. The van der Waals surface area contributed by atoms with Crippen molar-refractivity contribution in [3.05, 3.63) is 101 Å². The number of nitrogens with one attached hydrogen (secondary N) is 1. The highest BCUT2D eigenvalue weighted by atomic mass is 16.2. The molecule has 0 aliphatic heterocycles. The van der Waals surface area contributed by atoms with Gasteiger partial charge in [-0.25, -0.2) is 0 Å². The van der Waals surface area contributed by atoms with Gasteiger partial charge in [-0.05, 0) is 61.1 Å². The Hall–Kier alpha value is -3.40. The Morgan fingerprint density at radius 2 is 1.65 bits per heavy atom. The van der Waals surface area contributed by atoms with Crippen LogP contribution in [-0.4, -0.2) is 18.4 Å². The standard InChI is InChI=1S/C27H28N2O2/c1-20-6-5-7-23(16-20)19-29(27(31)24-8-3-2-4-9-24)25-14-12-21(13-15-25)17-26(30)28-18-22-10-11-22/h2-9,12-16,22H,10-11,17-19H2,1H3,(H,28,30). The zero-order chi connectivity index (χ0) is 21.6. The SMILES string of the molecule is Cc1cccc(CN(C(=O)c2ccccc2)c2ccc(CC(=O)NCC3CC3)cc2)c1. The van der Waals surface area contributed by atoms with Crippen LogP contribution in [0.25, 0.3) is 0 Å². The Labute approximate surface area is 183 Å². The molecule has 4 heteroatoms. The van der Waals surface area contributed by atoms with Crippen LogP contribution in [0.2, 0.25) is 0 Å². The predicted molar refractivity (Wildman–Crippen MR) is 124 cm³/mol. The Kier molecular flexibility index (Phi) is 6.46. The number of benzene rings is 3. The molecule has 4 rings (SSSR count). The first-order chi connectivity index (χ1) is 15.1. The topological polar surface area (TPSA) is 49.4 Å². The fourth-order valence-electron chi connectivity index (χ4n) is 3.63. The van der Waals surface area contributed by atoms with Gasteiger partial charge in [0, 0.05) is 17.8 Å². The second kappa shape index (κ2) is 9.61. The van der Waals surface area contributed by atoms with Crippen LogP contribution >= 0.6 is 0 Å². The van der Waals surface area contributed by atoms with Crippen molar-refractivity contribution in [3.8, 4) is 0 Å². The third-order valence-corrected chi connectivity index (χ3v) is 5.59. The molecule has 3 aromatic carbocycles. The van der Waals surface area contributed by atoms with E-state index in [1.54, 1.807) is 4.90 Å². The molecule has 1 N–H and O–H groups in total. The molecule has 0 saturated heterocycles. The molecule has 3 aromatic rings. The summed E-state index contributed by atoms with van der Waals surface area (Å²) in [5.74, 6) is 0.680. The summed E-state index contributed by atoms with van der Waals surface area (Å²) in [6.07, 6.45) is 2.81. The van der Waals surface area contributed by atoms with Gasteiger partial charge >= 0.3 is 0 Å². The van der Waals surface area contributed by atoms with E-state index in [1.165, 1.54) is 12.8 Å². The minimum absolute atomic E-state index is 0.0444. The van der Waals surface area contributed by atoms with Crippen LogP contribution in [0.1, 0.15) is 39.9 Å². The number of rotatable bonds is 8. The van der Waals surface area contributed by atoms with Gasteiger partial charge in [-0.15, -0.1) is 0 Å². The number of amides is 2. The minimum Gasteiger partial charge on any atom is -0.356 e. The number of carbonyl (C=O) groups is 2. The van der Waals surface area contributed by atoms with E-state index in [1.807, 2.05) is 66.7 Å². The summed E-state index contributed by atoms with van der Waals surface area (Å²) in [6.45, 7) is 3.32. The lowest BCUT2D eigenvalue weighted by Gasteiger charge is -2.24. The smallest absolute Gasteiger partial charge is 0.258 e. The highest BCUT2D eigenvalue weighted by molar-refractivity contribution is 6.06. The van der Waals surface area contributed by atoms with Crippen molar-refractivity contribution in [3.63, 3.8) is 0 Å². The lowest BCUT2D eigenvalue weighted by atomic mass is 10.1. The van der Waals surface area contributed by atoms with E-state index in [9.17, 15) is 9.59 Å². The van der Waals surface area contributed by atoms with Gasteiger partial charge in [0.25, 0.3) is 5.91 Å². The number of aryl methyl sites for hydroxylation is 1. The average molecular weight is 413 g/mol. The van der Waals surface area contributed by atoms with Crippen LogP contribution in [-0.2, 0) is 17.8 Å². The second-order valence-corrected chi connectivity index (χ2v) is 8.34. The Morgan fingerprint density at radius 3 is 2.32 bits per heavy atom. The van der Waals surface area contributed by atoms with E-state index in [0.717, 1.165) is 28.9 Å². The molecule has 0 bridgehead atoms. The maximum atomic E-state index is 13.3. The van der Waals surface area contributed by atoms with E-state index in [2.05, 4.69) is 24.4 Å². The van der Waals surface area contributed by atoms with Gasteiger partial charge in [0.1, 0.15) is 0 Å². The van der Waals surface area contributed by atoms with Crippen LogP contribution < -0.4 is 10.2 Å².